The normalized spacial score (nSPS) is 12.8. The smallest absolute Gasteiger partial charge is 0.164 e. The van der Waals surface area contributed by atoms with Crippen molar-refractivity contribution in [2.45, 2.75) is 13.0 Å². The van der Waals surface area contributed by atoms with Gasteiger partial charge in [-0.1, -0.05) is 12.1 Å². The molecule has 0 saturated heterocycles. The second-order valence-corrected chi connectivity index (χ2v) is 4.34. The topological polar surface area (TPSA) is 38.9 Å². The Balaban J connectivity index is 2.41. The summed E-state index contributed by atoms with van der Waals surface area (Å²) < 4.78 is 26.5. The van der Waals surface area contributed by atoms with E-state index in [1.165, 1.54) is 23.5 Å². The predicted molar refractivity (Wildman–Crippen MR) is 59.2 cm³/mol. The van der Waals surface area contributed by atoms with E-state index in [0.29, 0.717) is 5.01 Å². The Labute approximate surface area is 95.7 Å². The highest BCUT2D eigenvalue weighted by molar-refractivity contribution is 7.09. The van der Waals surface area contributed by atoms with Gasteiger partial charge in [0.15, 0.2) is 11.6 Å². The second kappa shape index (κ2) is 4.27. The Bertz CT molecular complexity index is 510. The monoisotopic (exact) mass is 240 g/mol. The molecule has 0 spiro atoms. The van der Waals surface area contributed by atoms with E-state index in [0.717, 1.165) is 11.8 Å². The maximum Gasteiger partial charge on any atom is 0.164 e. The number of halogens is 2. The fourth-order valence-corrected chi connectivity index (χ4v) is 2.22. The van der Waals surface area contributed by atoms with Crippen molar-refractivity contribution in [1.29, 1.82) is 0 Å². The van der Waals surface area contributed by atoms with Gasteiger partial charge in [-0.05, 0) is 13.0 Å². The molecule has 0 aliphatic heterocycles. The Morgan fingerprint density at radius 3 is 2.75 bits per heavy atom. The van der Waals surface area contributed by atoms with E-state index in [9.17, 15) is 8.78 Å². The molecule has 0 aliphatic rings. The lowest BCUT2D eigenvalue weighted by Gasteiger charge is -2.10. The number of aromatic nitrogens is 1. The van der Waals surface area contributed by atoms with Crippen LogP contribution in [0.4, 0.5) is 8.78 Å². The molecule has 2 nitrogen and oxygen atoms in total. The Hall–Kier alpha value is -1.33. The summed E-state index contributed by atoms with van der Waals surface area (Å²) in [6, 6.07) is 3.27. The average Bonchev–Trinajstić information content (AvgIpc) is 2.68. The first-order valence-corrected chi connectivity index (χ1v) is 5.59. The Morgan fingerprint density at radius 1 is 1.38 bits per heavy atom. The fourth-order valence-electron chi connectivity index (χ4n) is 1.41. The van der Waals surface area contributed by atoms with Gasteiger partial charge in [0, 0.05) is 16.6 Å². The Kier molecular flexibility index (Phi) is 2.98. The standard InChI is InChI=1S/C11H10F2N2S/c1-6-5-16-11(15-6)10(14)7-3-2-4-8(12)9(7)13/h2-5,10H,14H2,1H3. The number of benzene rings is 1. The molecule has 0 aliphatic carbocycles. The van der Waals surface area contributed by atoms with Crippen LogP contribution in [0.25, 0.3) is 0 Å². The lowest BCUT2D eigenvalue weighted by Crippen LogP contribution is -2.14. The fraction of sp³-hybridized carbons (Fsp3) is 0.182. The lowest BCUT2D eigenvalue weighted by atomic mass is 10.1. The van der Waals surface area contributed by atoms with Gasteiger partial charge in [0.05, 0.1) is 6.04 Å². The number of nitrogens with zero attached hydrogens (tertiary/aromatic N) is 1. The van der Waals surface area contributed by atoms with Gasteiger partial charge in [0.25, 0.3) is 0 Å². The van der Waals surface area contributed by atoms with Gasteiger partial charge >= 0.3 is 0 Å². The minimum atomic E-state index is -0.900. The highest BCUT2D eigenvalue weighted by Gasteiger charge is 2.18. The van der Waals surface area contributed by atoms with Crippen LogP contribution in [0.1, 0.15) is 22.3 Å². The minimum absolute atomic E-state index is 0.134. The van der Waals surface area contributed by atoms with Crippen LogP contribution < -0.4 is 5.73 Å². The van der Waals surface area contributed by atoms with Crippen LogP contribution in [0.3, 0.4) is 0 Å². The molecule has 1 aromatic carbocycles. The lowest BCUT2D eigenvalue weighted by molar-refractivity contribution is 0.494. The van der Waals surface area contributed by atoms with Crippen LogP contribution in [-0.2, 0) is 0 Å². The second-order valence-electron chi connectivity index (χ2n) is 3.45. The summed E-state index contributed by atoms with van der Waals surface area (Å²) in [5.74, 6) is -1.79. The molecule has 0 amide bonds. The van der Waals surface area contributed by atoms with Crippen LogP contribution in [0, 0.1) is 18.6 Å². The molecule has 0 radical (unpaired) electrons. The molecule has 2 aromatic rings. The zero-order valence-electron chi connectivity index (χ0n) is 8.58. The van der Waals surface area contributed by atoms with Crippen LogP contribution in [-0.4, -0.2) is 4.98 Å². The van der Waals surface area contributed by atoms with Crippen molar-refractivity contribution in [3.8, 4) is 0 Å². The van der Waals surface area contributed by atoms with Crippen molar-refractivity contribution in [3.63, 3.8) is 0 Å². The third-order valence-electron chi connectivity index (χ3n) is 2.22. The number of hydrogen-bond acceptors (Lipinski definition) is 3. The summed E-state index contributed by atoms with van der Waals surface area (Å²) in [6.45, 7) is 1.83. The zero-order valence-corrected chi connectivity index (χ0v) is 9.39. The average molecular weight is 240 g/mol. The molecule has 0 saturated carbocycles. The molecule has 5 heteroatoms. The third-order valence-corrected chi connectivity index (χ3v) is 3.27. The predicted octanol–water partition coefficient (Wildman–Crippen LogP) is 2.78. The maximum absolute atomic E-state index is 13.5. The summed E-state index contributed by atoms with van der Waals surface area (Å²) in [5.41, 5.74) is 6.80. The van der Waals surface area contributed by atoms with Gasteiger partial charge in [-0.15, -0.1) is 11.3 Å². The van der Waals surface area contributed by atoms with Crippen LogP contribution in [0.15, 0.2) is 23.6 Å². The molecule has 1 atom stereocenters. The summed E-state index contributed by atoms with van der Waals surface area (Å²) in [4.78, 5) is 4.16. The van der Waals surface area contributed by atoms with Gasteiger partial charge in [-0.3, -0.25) is 0 Å². The van der Waals surface area contributed by atoms with Crippen molar-refractivity contribution < 1.29 is 8.78 Å². The van der Waals surface area contributed by atoms with Crippen LogP contribution in [0.5, 0.6) is 0 Å². The maximum atomic E-state index is 13.5. The molecule has 16 heavy (non-hydrogen) atoms. The van der Waals surface area contributed by atoms with Crippen molar-refractivity contribution in [2.24, 2.45) is 5.73 Å². The molecule has 2 rings (SSSR count). The van der Waals surface area contributed by atoms with Crippen molar-refractivity contribution >= 4 is 11.3 Å². The van der Waals surface area contributed by atoms with Gasteiger partial charge in [0.2, 0.25) is 0 Å². The van der Waals surface area contributed by atoms with Crippen LogP contribution in [0.2, 0.25) is 0 Å². The largest absolute Gasteiger partial charge is 0.318 e. The third kappa shape index (κ3) is 1.96. The molecular formula is C11H10F2N2S. The van der Waals surface area contributed by atoms with Crippen molar-refractivity contribution in [1.82, 2.24) is 4.98 Å². The molecule has 0 bridgehead atoms. The summed E-state index contributed by atoms with van der Waals surface area (Å²) in [6.07, 6.45) is 0. The molecular weight excluding hydrogens is 230 g/mol. The summed E-state index contributed by atoms with van der Waals surface area (Å²) in [7, 11) is 0. The van der Waals surface area contributed by atoms with Gasteiger partial charge < -0.3 is 5.73 Å². The highest BCUT2D eigenvalue weighted by Crippen LogP contribution is 2.25. The number of aryl methyl sites for hydroxylation is 1. The van der Waals surface area contributed by atoms with E-state index >= 15 is 0 Å². The SMILES string of the molecule is Cc1csc(C(N)c2cccc(F)c2F)n1. The highest BCUT2D eigenvalue weighted by atomic mass is 32.1. The molecule has 2 N–H and O–H groups in total. The van der Waals surface area contributed by atoms with E-state index in [1.807, 2.05) is 12.3 Å². The molecule has 84 valence electrons. The van der Waals surface area contributed by atoms with Crippen molar-refractivity contribution in [2.75, 3.05) is 0 Å². The first-order valence-electron chi connectivity index (χ1n) is 4.71. The minimum Gasteiger partial charge on any atom is -0.318 e. The van der Waals surface area contributed by atoms with E-state index < -0.39 is 17.7 Å². The van der Waals surface area contributed by atoms with Gasteiger partial charge in [0.1, 0.15) is 5.01 Å². The first kappa shape index (κ1) is 11.2. The summed E-state index contributed by atoms with van der Waals surface area (Å²) in [5, 5.41) is 2.41. The molecule has 1 unspecified atom stereocenters. The number of thiazole rings is 1. The van der Waals surface area contributed by atoms with Crippen molar-refractivity contribution in [3.05, 3.63) is 51.5 Å². The van der Waals surface area contributed by atoms with E-state index in [2.05, 4.69) is 4.98 Å². The van der Waals surface area contributed by atoms with Gasteiger partial charge in [-0.25, -0.2) is 13.8 Å². The first-order chi connectivity index (χ1) is 7.59. The molecule has 1 aromatic heterocycles. The quantitative estimate of drug-likeness (QED) is 0.876. The summed E-state index contributed by atoms with van der Waals surface area (Å²) >= 11 is 1.34. The zero-order chi connectivity index (χ0) is 11.7. The van der Waals surface area contributed by atoms with E-state index in [1.54, 1.807) is 0 Å². The van der Waals surface area contributed by atoms with Crippen LogP contribution >= 0.6 is 11.3 Å². The number of hydrogen-bond donors (Lipinski definition) is 1. The number of nitrogens with two attached hydrogens (primary N) is 1. The van der Waals surface area contributed by atoms with E-state index in [-0.39, 0.29) is 5.56 Å². The van der Waals surface area contributed by atoms with E-state index in [4.69, 9.17) is 5.73 Å². The molecule has 1 heterocycles. The van der Waals surface area contributed by atoms with Gasteiger partial charge in [-0.2, -0.15) is 0 Å². The molecule has 0 fully saturated rings. The Morgan fingerprint density at radius 2 is 2.12 bits per heavy atom. The number of rotatable bonds is 2.